The first kappa shape index (κ1) is 20.5. The molecule has 3 aromatic rings. The van der Waals surface area contributed by atoms with Crippen LogP contribution in [0.15, 0.2) is 53.0 Å². The van der Waals surface area contributed by atoms with Gasteiger partial charge in [0.25, 0.3) is 5.91 Å². The van der Waals surface area contributed by atoms with E-state index in [1.807, 2.05) is 0 Å². The molecule has 0 fully saturated rings. The van der Waals surface area contributed by atoms with Crippen molar-refractivity contribution in [2.45, 2.75) is 18.5 Å². The molecule has 4 rings (SSSR count). The number of rotatable bonds is 3. The number of nitrogens with zero attached hydrogens (tertiary/aromatic N) is 2. The third-order valence-corrected chi connectivity index (χ3v) is 5.71. The van der Waals surface area contributed by atoms with E-state index in [1.165, 1.54) is 12.0 Å². The van der Waals surface area contributed by atoms with Crippen molar-refractivity contribution in [1.29, 1.82) is 0 Å². The number of anilines is 1. The number of carbonyl (C=O) groups excluding carboxylic acids is 1. The smallest absolute Gasteiger partial charge is 0.435 e. The highest BCUT2D eigenvalue weighted by Gasteiger charge is 2.43. The van der Waals surface area contributed by atoms with Crippen molar-refractivity contribution >= 4 is 27.5 Å². The monoisotopic (exact) mass is 479 g/mol. The maximum atomic E-state index is 13.7. The Bertz CT molecular complexity index is 1060. The predicted octanol–water partition coefficient (Wildman–Crippen LogP) is 5.38. The van der Waals surface area contributed by atoms with E-state index in [4.69, 9.17) is 4.74 Å². The van der Waals surface area contributed by atoms with Crippen molar-refractivity contribution in [3.05, 3.63) is 75.5 Å². The average molecular weight is 480 g/mol. The van der Waals surface area contributed by atoms with Gasteiger partial charge >= 0.3 is 6.18 Å². The molecule has 30 heavy (non-hydrogen) atoms. The Morgan fingerprint density at radius 1 is 1.13 bits per heavy atom. The van der Waals surface area contributed by atoms with Crippen LogP contribution >= 0.6 is 15.9 Å². The first-order chi connectivity index (χ1) is 14.3. The van der Waals surface area contributed by atoms with E-state index in [9.17, 15) is 18.0 Å². The predicted molar refractivity (Wildman–Crippen MR) is 109 cm³/mol. The summed E-state index contributed by atoms with van der Waals surface area (Å²) in [6, 6.07) is 13.9. The largest absolute Gasteiger partial charge is 0.497 e. The molecule has 0 spiro atoms. The van der Waals surface area contributed by atoms with Crippen LogP contribution < -0.4 is 9.64 Å². The lowest BCUT2D eigenvalue weighted by Crippen LogP contribution is -2.31. The fourth-order valence-corrected chi connectivity index (χ4v) is 4.01. The molecule has 1 aromatic heterocycles. The summed E-state index contributed by atoms with van der Waals surface area (Å²) >= 11 is 3.35. The van der Waals surface area contributed by atoms with Crippen molar-refractivity contribution < 1.29 is 22.7 Å². The Morgan fingerprint density at radius 3 is 2.40 bits per heavy atom. The summed E-state index contributed by atoms with van der Waals surface area (Å²) in [5.41, 5.74) is -0.0349. The van der Waals surface area contributed by atoms with Gasteiger partial charge in [-0.25, -0.2) is 0 Å². The number of fused-ring (bicyclic) bond motifs is 1. The van der Waals surface area contributed by atoms with Crippen molar-refractivity contribution in [3.63, 3.8) is 0 Å². The highest BCUT2D eigenvalue weighted by atomic mass is 79.9. The molecule has 0 saturated heterocycles. The van der Waals surface area contributed by atoms with Gasteiger partial charge in [0.05, 0.1) is 7.11 Å². The highest BCUT2D eigenvalue weighted by molar-refractivity contribution is 9.10. The standard InChI is InChI=1S/C21H17BrF3N3O2/c1-30-15-8-2-12(3-9-15)16-10-11-28(14-6-4-13(22)5-7-14)20(29)18-17(16)19(27-26-18)21(23,24)25/h2-9,16H,10-11H2,1H3,(H,26,27). The molecule has 2 aromatic carbocycles. The minimum absolute atomic E-state index is 0.114. The van der Waals surface area contributed by atoms with Crippen LogP contribution in [0.2, 0.25) is 0 Å². The summed E-state index contributed by atoms with van der Waals surface area (Å²) in [7, 11) is 1.52. The van der Waals surface area contributed by atoms with Gasteiger partial charge in [-0.3, -0.25) is 9.89 Å². The fourth-order valence-electron chi connectivity index (χ4n) is 3.75. The minimum atomic E-state index is -4.68. The number of aromatic amines is 1. The van der Waals surface area contributed by atoms with Gasteiger partial charge in [0.2, 0.25) is 0 Å². The molecule has 2 heterocycles. The number of benzene rings is 2. The van der Waals surface area contributed by atoms with Gasteiger partial charge in [0.15, 0.2) is 5.69 Å². The summed E-state index contributed by atoms with van der Waals surface area (Å²) in [6.07, 6.45) is -4.37. The Hall–Kier alpha value is -2.81. The van der Waals surface area contributed by atoms with Crippen LogP contribution in [0, 0.1) is 0 Å². The Morgan fingerprint density at radius 2 is 1.80 bits per heavy atom. The quantitative estimate of drug-likeness (QED) is 0.548. The van der Waals surface area contributed by atoms with Gasteiger partial charge in [-0.15, -0.1) is 0 Å². The first-order valence-corrected chi connectivity index (χ1v) is 9.95. The number of aromatic nitrogens is 2. The lowest BCUT2D eigenvalue weighted by molar-refractivity contribution is -0.141. The zero-order valence-corrected chi connectivity index (χ0v) is 17.4. The molecule has 156 valence electrons. The van der Waals surface area contributed by atoms with Crippen LogP contribution in [0.5, 0.6) is 5.75 Å². The summed E-state index contributed by atoms with van der Waals surface area (Å²) < 4.78 is 47.1. The number of methoxy groups -OCH3 is 1. The molecule has 1 aliphatic rings. The molecule has 0 bridgehead atoms. The molecule has 9 heteroatoms. The van der Waals surface area contributed by atoms with Gasteiger partial charge < -0.3 is 9.64 Å². The summed E-state index contributed by atoms with van der Waals surface area (Å²) in [4.78, 5) is 14.7. The van der Waals surface area contributed by atoms with E-state index in [0.29, 0.717) is 23.4 Å². The Labute approximate surface area is 179 Å². The molecule has 0 radical (unpaired) electrons. The number of hydrogen-bond acceptors (Lipinski definition) is 3. The molecule has 1 atom stereocenters. The number of carbonyl (C=O) groups is 1. The normalized spacial score (nSPS) is 16.9. The van der Waals surface area contributed by atoms with Crippen molar-refractivity contribution in [2.75, 3.05) is 18.6 Å². The van der Waals surface area contributed by atoms with Gasteiger partial charge in [0, 0.05) is 28.2 Å². The van der Waals surface area contributed by atoms with Crippen LogP contribution in [0.1, 0.15) is 39.6 Å². The van der Waals surface area contributed by atoms with Gasteiger partial charge in [-0.2, -0.15) is 18.3 Å². The van der Waals surface area contributed by atoms with Crippen LogP contribution in [0.3, 0.4) is 0 Å². The number of alkyl halides is 3. The molecular weight excluding hydrogens is 463 g/mol. The van der Waals surface area contributed by atoms with E-state index in [2.05, 4.69) is 26.1 Å². The zero-order valence-electron chi connectivity index (χ0n) is 15.8. The molecule has 5 nitrogen and oxygen atoms in total. The van der Waals surface area contributed by atoms with Crippen molar-refractivity contribution in [2.24, 2.45) is 0 Å². The molecule has 1 aliphatic heterocycles. The van der Waals surface area contributed by atoms with Crippen LogP contribution in [0.4, 0.5) is 18.9 Å². The van der Waals surface area contributed by atoms with E-state index < -0.39 is 23.7 Å². The lowest BCUT2D eigenvalue weighted by atomic mass is 9.87. The summed E-state index contributed by atoms with van der Waals surface area (Å²) in [5.74, 6) is -0.583. The van der Waals surface area contributed by atoms with E-state index in [1.54, 1.807) is 48.5 Å². The van der Waals surface area contributed by atoms with Gasteiger partial charge in [-0.05, 0) is 48.4 Å². The number of amides is 1. The molecule has 1 N–H and O–H groups in total. The molecule has 0 aliphatic carbocycles. The third kappa shape index (κ3) is 3.69. The Kier molecular flexibility index (Phi) is 5.31. The number of H-pyrrole nitrogens is 1. The average Bonchev–Trinajstić information content (AvgIpc) is 3.12. The third-order valence-electron chi connectivity index (χ3n) is 5.18. The number of hydrogen-bond donors (Lipinski definition) is 1. The second-order valence-electron chi connectivity index (χ2n) is 6.91. The number of halogens is 4. The first-order valence-electron chi connectivity index (χ1n) is 9.16. The van der Waals surface area contributed by atoms with E-state index in [-0.39, 0.29) is 17.8 Å². The summed E-state index contributed by atoms with van der Waals surface area (Å²) in [6.45, 7) is 0.261. The van der Waals surface area contributed by atoms with Gasteiger partial charge in [0.1, 0.15) is 11.4 Å². The zero-order chi connectivity index (χ0) is 21.5. The van der Waals surface area contributed by atoms with Crippen molar-refractivity contribution in [3.8, 4) is 5.75 Å². The lowest BCUT2D eigenvalue weighted by Gasteiger charge is -2.21. The second kappa shape index (κ2) is 7.79. The molecule has 1 amide bonds. The van der Waals surface area contributed by atoms with Crippen LogP contribution in [0.25, 0.3) is 0 Å². The molecule has 1 unspecified atom stereocenters. The van der Waals surface area contributed by atoms with Crippen LogP contribution in [-0.4, -0.2) is 29.8 Å². The minimum Gasteiger partial charge on any atom is -0.497 e. The fraction of sp³-hybridized carbons (Fsp3) is 0.238. The van der Waals surface area contributed by atoms with Crippen LogP contribution in [-0.2, 0) is 6.18 Å². The van der Waals surface area contributed by atoms with E-state index >= 15 is 0 Å². The maximum Gasteiger partial charge on any atom is 0.435 e. The molecular formula is C21H17BrF3N3O2. The molecule has 0 saturated carbocycles. The number of ether oxygens (including phenoxy) is 1. The SMILES string of the molecule is COc1ccc(C2CCN(c3ccc(Br)cc3)C(=O)c3[nH]nc(C(F)(F)F)c32)cc1. The van der Waals surface area contributed by atoms with E-state index in [0.717, 1.165) is 4.47 Å². The van der Waals surface area contributed by atoms with Gasteiger partial charge in [-0.1, -0.05) is 28.1 Å². The Balaban J connectivity index is 1.83. The maximum absolute atomic E-state index is 13.7. The summed E-state index contributed by atoms with van der Waals surface area (Å²) in [5, 5.41) is 5.84. The van der Waals surface area contributed by atoms with Crippen molar-refractivity contribution in [1.82, 2.24) is 10.2 Å². The highest BCUT2D eigenvalue weighted by Crippen LogP contribution is 2.42. The topological polar surface area (TPSA) is 58.2 Å². The second-order valence-corrected chi connectivity index (χ2v) is 7.82. The number of nitrogens with one attached hydrogen (secondary N) is 1.